The van der Waals surface area contributed by atoms with E-state index in [2.05, 4.69) is 15.4 Å². The summed E-state index contributed by atoms with van der Waals surface area (Å²) in [6.45, 7) is 3.84. The highest BCUT2D eigenvalue weighted by Gasteiger charge is 2.36. The number of rotatable bonds is 5. The molecule has 36 heavy (non-hydrogen) atoms. The zero-order valence-corrected chi connectivity index (χ0v) is 18.8. The van der Waals surface area contributed by atoms with Crippen molar-refractivity contribution >= 4 is 11.6 Å². The largest absolute Gasteiger partial charge is 0.435 e. The fourth-order valence-corrected chi connectivity index (χ4v) is 3.51. The summed E-state index contributed by atoms with van der Waals surface area (Å²) in [6.07, 6.45) is -1.68. The lowest BCUT2D eigenvalue weighted by Gasteiger charge is -2.13. The van der Waals surface area contributed by atoms with Gasteiger partial charge in [-0.2, -0.15) is 23.5 Å². The molecule has 0 atom stereocenters. The first-order chi connectivity index (χ1) is 17.0. The van der Waals surface area contributed by atoms with Crippen molar-refractivity contribution in [3.8, 4) is 17.4 Å². The van der Waals surface area contributed by atoms with Gasteiger partial charge in [-0.15, -0.1) is 0 Å². The number of hydrogen-bond donors (Lipinski definition) is 1. The zero-order valence-electron chi connectivity index (χ0n) is 18.8. The predicted octanol–water partition coefficient (Wildman–Crippen LogP) is 5.60. The summed E-state index contributed by atoms with van der Waals surface area (Å²) in [6, 6.07) is 8.87. The minimum Gasteiger partial charge on any atom is -0.318 e. The number of amides is 1. The fourth-order valence-electron chi connectivity index (χ4n) is 3.51. The minimum absolute atomic E-state index is 0.0542. The molecule has 2 aromatic heterocycles. The molecule has 0 radical (unpaired) electrons. The second-order valence-corrected chi connectivity index (χ2v) is 8.03. The molecular weight excluding hydrogens is 483 g/mol. The van der Waals surface area contributed by atoms with E-state index in [0.29, 0.717) is 22.3 Å². The van der Waals surface area contributed by atoms with Crippen molar-refractivity contribution in [3.05, 3.63) is 89.3 Å². The van der Waals surface area contributed by atoms with Crippen LogP contribution in [0.15, 0.2) is 54.9 Å². The summed E-state index contributed by atoms with van der Waals surface area (Å²) in [4.78, 5) is 17.2. The van der Waals surface area contributed by atoms with Crippen molar-refractivity contribution < 1.29 is 26.7 Å². The highest BCUT2D eigenvalue weighted by atomic mass is 19.4. The second kappa shape index (κ2) is 9.26. The number of nitrogens with zero attached hydrogens (tertiary/aromatic N) is 5. The average molecular weight is 500 g/mol. The Morgan fingerprint density at radius 2 is 1.78 bits per heavy atom. The Morgan fingerprint density at radius 3 is 2.42 bits per heavy atom. The van der Waals surface area contributed by atoms with Crippen LogP contribution in [0.25, 0.3) is 11.4 Å². The van der Waals surface area contributed by atoms with Gasteiger partial charge in [0.25, 0.3) is 5.91 Å². The minimum atomic E-state index is -4.90. The van der Waals surface area contributed by atoms with Crippen LogP contribution in [0.5, 0.6) is 0 Å². The molecule has 1 N–H and O–H groups in total. The molecule has 7 nitrogen and oxygen atoms in total. The Labute approximate surface area is 201 Å². The molecule has 0 spiro atoms. The molecule has 0 unspecified atom stereocenters. The zero-order chi connectivity index (χ0) is 26.2. The summed E-state index contributed by atoms with van der Waals surface area (Å²) >= 11 is 0. The highest BCUT2D eigenvalue weighted by Crippen LogP contribution is 2.30. The quantitative estimate of drug-likeness (QED) is 0.361. The highest BCUT2D eigenvalue weighted by molar-refractivity contribution is 6.03. The van der Waals surface area contributed by atoms with Gasteiger partial charge in [0.15, 0.2) is 5.69 Å². The van der Waals surface area contributed by atoms with Crippen LogP contribution in [0.4, 0.5) is 27.6 Å². The third-order valence-electron chi connectivity index (χ3n) is 5.21. The fraction of sp³-hybridized carbons (Fsp3) is 0.167. The molecule has 0 bridgehead atoms. The van der Waals surface area contributed by atoms with Crippen LogP contribution in [0.3, 0.4) is 0 Å². The number of carbonyl (C=O) groups excluding carboxylic acids is 1. The molecule has 12 heteroatoms. The normalized spacial score (nSPS) is 11.5. The van der Waals surface area contributed by atoms with E-state index in [1.807, 2.05) is 13.8 Å². The number of hydrogen-bond acceptors (Lipinski definition) is 4. The van der Waals surface area contributed by atoms with Crippen molar-refractivity contribution in [2.45, 2.75) is 25.9 Å². The lowest BCUT2D eigenvalue weighted by Crippen LogP contribution is -2.18. The van der Waals surface area contributed by atoms with Crippen LogP contribution in [0.1, 0.15) is 47.3 Å². The predicted molar refractivity (Wildman–Crippen MR) is 119 cm³/mol. The molecule has 2 heterocycles. The van der Waals surface area contributed by atoms with Crippen molar-refractivity contribution in [2.24, 2.45) is 0 Å². The van der Waals surface area contributed by atoms with Crippen LogP contribution in [0.2, 0.25) is 0 Å². The van der Waals surface area contributed by atoms with Crippen LogP contribution in [-0.4, -0.2) is 25.2 Å². The lowest BCUT2D eigenvalue weighted by molar-refractivity contribution is -0.141. The van der Waals surface area contributed by atoms with Crippen LogP contribution in [-0.2, 0) is 6.18 Å². The number of carbonyl (C=O) groups is 1. The third-order valence-corrected chi connectivity index (χ3v) is 5.21. The first-order valence-corrected chi connectivity index (χ1v) is 10.5. The number of nitrogens with one attached hydrogen (secondary N) is 1. The molecule has 0 fully saturated rings. The maximum atomic E-state index is 14.9. The number of benzene rings is 2. The first-order valence-electron chi connectivity index (χ1n) is 10.5. The van der Waals surface area contributed by atoms with Crippen LogP contribution < -0.4 is 5.32 Å². The first kappa shape index (κ1) is 24.6. The van der Waals surface area contributed by atoms with Gasteiger partial charge in [-0.05, 0) is 30.3 Å². The maximum Gasteiger partial charge on any atom is 0.435 e. The van der Waals surface area contributed by atoms with E-state index in [1.54, 1.807) is 23.0 Å². The lowest BCUT2D eigenvalue weighted by atomic mass is 10.2. The van der Waals surface area contributed by atoms with Gasteiger partial charge >= 0.3 is 6.18 Å². The van der Waals surface area contributed by atoms with E-state index < -0.39 is 40.7 Å². The molecule has 4 rings (SSSR count). The molecule has 184 valence electrons. The summed E-state index contributed by atoms with van der Waals surface area (Å²) in [5, 5.41) is 14.7. The van der Waals surface area contributed by atoms with Crippen molar-refractivity contribution in [2.75, 3.05) is 5.32 Å². The van der Waals surface area contributed by atoms with Crippen LogP contribution >= 0.6 is 0 Å². The van der Waals surface area contributed by atoms with Gasteiger partial charge in [0.2, 0.25) is 0 Å². The van der Waals surface area contributed by atoms with E-state index in [1.165, 1.54) is 12.1 Å². The number of imidazole rings is 1. The van der Waals surface area contributed by atoms with Crippen molar-refractivity contribution in [1.82, 2.24) is 19.3 Å². The second-order valence-electron chi connectivity index (χ2n) is 8.03. The Morgan fingerprint density at radius 1 is 1.06 bits per heavy atom. The summed E-state index contributed by atoms with van der Waals surface area (Å²) in [5.74, 6) is -2.08. The van der Waals surface area contributed by atoms with Gasteiger partial charge in [0.05, 0.1) is 16.9 Å². The Hall–Kier alpha value is -4.53. The third kappa shape index (κ3) is 4.68. The summed E-state index contributed by atoms with van der Waals surface area (Å²) in [5.41, 5.74) is -2.46. The SMILES string of the molecule is CC(C)c1nccn1-c1ccc(NC(=O)c2cc(C(F)(F)F)nn2-c2ccc(F)c(C#N)c2)c(F)c1. The topological polar surface area (TPSA) is 88.5 Å². The molecule has 0 saturated heterocycles. The molecule has 0 aliphatic heterocycles. The van der Waals surface area contributed by atoms with Gasteiger partial charge < -0.3 is 9.88 Å². The van der Waals surface area contributed by atoms with Gasteiger partial charge in [0.1, 0.15) is 29.2 Å². The van der Waals surface area contributed by atoms with E-state index >= 15 is 0 Å². The standard InChI is InChI=1S/C24H17F5N6O/c1-13(2)22-31-7-8-34(22)15-4-6-19(18(26)10-15)32-23(36)20-11-21(24(27,28)29)33-35(20)16-3-5-17(25)14(9-16)12-30/h3-11,13H,1-2H3,(H,32,36). The van der Waals surface area contributed by atoms with E-state index in [9.17, 15) is 26.7 Å². The monoisotopic (exact) mass is 500 g/mol. The maximum absolute atomic E-state index is 14.9. The number of nitriles is 1. The number of alkyl halides is 3. The molecule has 2 aromatic carbocycles. The van der Waals surface area contributed by atoms with Gasteiger partial charge in [-0.3, -0.25) is 4.79 Å². The van der Waals surface area contributed by atoms with Gasteiger partial charge in [-0.1, -0.05) is 13.8 Å². The molecule has 0 aliphatic carbocycles. The molecule has 1 amide bonds. The van der Waals surface area contributed by atoms with Gasteiger partial charge in [0, 0.05) is 36.1 Å². The Bertz CT molecular complexity index is 1500. The van der Waals surface area contributed by atoms with Crippen LogP contribution in [0, 0.1) is 23.0 Å². The summed E-state index contributed by atoms with van der Waals surface area (Å²) in [7, 11) is 0. The molecule has 0 saturated carbocycles. The number of halogens is 5. The van der Waals surface area contributed by atoms with Crippen molar-refractivity contribution in [1.29, 1.82) is 5.26 Å². The Kier molecular flexibility index (Phi) is 6.32. The van der Waals surface area contributed by atoms with E-state index in [4.69, 9.17) is 5.26 Å². The smallest absolute Gasteiger partial charge is 0.318 e. The van der Waals surface area contributed by atoms with E-state index in [-0.39, 0.29) is 17.3 Å². The molecular formula is C24H17F5N6O. The summed E-state index contributed by atoms with van der Waals surface area (Å²) < 4.78 is 70.9. The Balaban J connectivity index is 1.70. The van der Waals surface area contributed by atoms with Crippen molar-refractivity contribution in [3.63, 3.8) is 0 Å². The van der Waals surface area contributed by atoms with E-state index in [0.717, 1.165) is 24.3 Å². The number of anilines is 1. The van der Waals surface area contributed by atoms with Gasteiger partial charge in [-0.25, -0.2) is 18.4 Å². The average Bonchev–Trinajstić information content (AvgIpc) is 3.48. The molecule has 4 aromatic rings. The molecule has 0 aliphatic rings. The number of aromatic nitrogens is 4.